The highest BCUT2D eigenvalue weighted by atomic mass is 35.7. The van der Waals surface area contributed by atoms with E-state index in [4.69, 9.17) is 23.7 Å². The second kappa shape index (κ2) is 14.6. The Morgan fingerprint density at radius 3 is 1.79 bits per heavy atom. The van der Waals surface area contributed by atoms with Crippen LogP contribution in [0, 0.1) is 27.3 Å². The van der Waals surface area contributed by atoms with Crippen LogP contribution in [0.15, 0.2) is 136 Å². The van der Waals surface area contributed by atoms with Crippen LogP contribution in [0.2, 0.25) is 0 Å². The van der Waals surface area contributed by atoms with E-state index in [2.05, 4.69) is 109 Å². The van der Waals surface area contributed by atoms with Gasteiger partial charge in [-0.15, -0.1) is 21.6 Å². The second-order valence-corrected chi connectivity index (χ2v) is 15.0. The molecule has 0 saturated carbocycles. The van der Waals surface area contributed by atoms with Crippen molar-refractivity contribution in [1.29, 1.82) is 0 Å². The highest BCUT2D eigenvalue weighted by Crippen LogP contribution is 2.58. The Labute approximate surface area is 291 Å². The molecule has 0 saturated heterocycles. The number of hydrogen-bond donors (Lipinski definition) is 0. The van der Waals surface area contributed by atoms with Gasteiger partial charge in [0.25, 0.3) is 5.69 Å². The van der Waals surface area contributed by atoms with E-state index < -0.39 is 10.2 Å². The van der Waals surface area contributed by atoms with Crippen molar-refractivity contribution < 1.29 is 38.5 Å². The van der Waals surface area contributed by atoms with Gasteiger partial charge in [0, 0.05) is 44.5 Å². The molecule has 3 aliphatic rings. The molecule has 0 spiro atoms. The zero-order chi connectivity index (χ0) is 33.8. The predicted molar refractivity (Wildman–Crippen MR) is 182 cm³/mol. The smallest absolute Gasteiger partial charge is 0.258 e. The maximum atomic E-state index is 11.3. The van der Waals surface area contributed by atoms with E-state index >= 15 is 0 Å². The Morgan fingerprint density at radius 2 is 1.31 bits per heavy atom. The minimum atomic E-state index is -4.94. The van der Waals surface area contributed by atoms with Gasteiger partial charge in [-0.05, 0) is 65.1 Å². The maximum Gasteiger partial charge on any atom is 0.269 e. The summed E-state index contributed by atoms with van der Waals surface area (Å²) in [5.41, 5.74) is 6.73. The van der Waals surface area contributed by atoms with Crippen LogP contribution >= 0.6 is 34.9 Å². The summed E-state index contributed by atoms with van der Waals surface area (Å²) < 4.78 is 37.3. The van der Waals surface area contributed by atoms with Gasteiger partial charge in [-0.2, -0.15) is 0 Å². The maximum absolute atomic E-state index is 11.3. The van der Waals surface area contributed by atoms with Crippen LogP contribution in [0.3, 0.4) is 0 Å². The lowest BCUT2D eigenvalue weighted by Gasteiger charge is -2.17. The summed E-state index contributed by atoms with van der Waals surface area (Å²) in [6.07, 6.45) is 9.36. The molecule has 4 aromatic rings. The summed E-state index contributed by atoms with van der Waals surface area (Å²) in [6, 6.07) is 32.2. The van der Waals surface area contributed by atoms with Crippen LogP contribution in [0.25, 0.3) is 9.81 Å². The molecular weight excluding hydrogens is 690 g/mol. The number of nitro benzene ring substituents is 1. The molecule has 9 nitrogen and oxygen atoms in total. The lowest BCUT2D eigenvalue weighted by molar-refractivity contribution is -2.00. The number of non-ortho nitro benzene ring substituents is 1. The van der Waals surface area contributed by atoms with E-state index in [9.17, 15) is 10.1 Å². The molecule has 0 bridgehead atoms. The first-order valence-corrected chi connectivity index (χ1v) is 18.2. The summed E-state index contributed by atoms with van der Waals surface area (Å²) in [7, 11) is -4.94. The van der Waals surface area contributed by atoms with Gasteiger partial charge in [-0.25, -0.2) is 18.6 Å². The molecular formula is C35H26ClN3O6S3. The molecule has 2 aliphatic heterocycles. The number of benzene rings is 3. The van der Waals surface area contributed by atoms with Crippen molar-refractivity contribution in [3.63, 3.8) is 0 Å². The molecule has 0 amide bonds. The number of thioether (sulfide) groups is 2. The molecule has 0 N–H and O–H groups in total. The summed E-state index contributed by atoms with van der Waals surface area (Å²) >= 11 is 5.39. The summed E-state index contributed by atoms with van der Waals surface area (Å²) in [4.78, 5) is 15.9. The fourth-order valence-electron chi connectivity index (χ4n) is 5.29. The summed E-state index contributed by atoms with van der Waals surface area (Å²) in [6.45, 7) is 2.10. The molecule has 3 aromatic carbocycles. The molecule has 13 heteroatoms. The third-order valence-corrected chi connectivity index (χ3v) is 11.3. The summed E-state index contributed by atoms with van der Waals surface area (Å²) in [5.74, 6) is 0. The highest BCUT2D eigenvalue weighted by Gasteiger charge is 2.37. The van der Waals surface area contributed by atoms with Gasteiger partial charge in [0.15, 0.2) is 0 Å². The van der Waals surface area contributed by atoms with Gasteiger partial charge in [-0.3, -0.25) is 10.1 Å². The Balaban J connectivity index is 0.000000749. The molecule has 0 radical (unpaired) electrons. The Hall–Kier alpha value is -4.11. The quantitative estimate of drug-likeness (QED) is 0.162. The molecule has 1 atom stereocenters. The van der Waals surface area contributed by atoms with E-state index in [-0.39, 0.29) is 16.7 Å². The number of thiophene rings is 1. The minimum Gasteiger partial charge on any atom is -0.258 e. The SMILES string of the molecule is Cc1ccc(C2=N[N+](=C3C=CC(=C4SC(c5ccccc5)=C(c5ccccc5)S4)C=C3)C(c3ccc([N+](=O)[O-])cc3)C2)s1.[O-][Cl+3]([O-])([O-])[O-]. The van der Waals surface area contributed by atoms with Crippen molar-refractivity contribution in [3.05, 3.63) is 168 Å². The third kappa shape index (κ3) is 8.12. The van der Waals surface area contributed by atoms with Gasteiger partial charge in [-0.1, -0.05) is 88.9 Å². The fraction of sp³-hybridized carbons (Fsp3) is 0.0857. The van der Waals surface area contributed by atoms with Gasteiger partial charge in [0.05, 0.1) is 20.5 Å². The number of hydrogen-bond acceptors (Lipinski definition) is 10. The number of aryl methyl sites for hydroxylation is 1. The van der Waals surface area contributed by atoms with E-state index in [1.54, 1.807) is 23.5 Å². The topological polar surface area (TPSA) is 151 Å². The van der Waals surface area contributed by atoms with Crippen molar-refractivity contribution in [2.75, 3.05) is 0 Å². The monoisotopic (exact) mass is 715 g/mol. The van der Waals surface area contributed by atoms with Crippen molar-refractivity contribution >= 4 is 61.8 Å². The number of halogens is 1. The minimum absolute atomic E-state index is 0.0528. The van der Waals surface area contributed by atoms with E-state index in [1.165, 1.54) is 35.6 Å². The van der Waals surface area contributed by atoms with Gasteiger partial charge >= 0.3 is 0 Å². The highest BCUT2D eigenvalue weighted by molar-refractivity contribution is 8.34. The molecule has 7 rings (SSSR count). The average molecular weight is 716 g/mol. The molecule has 1 unspecified atom stereocenters. The first-order chi connectivity index (χ1) is 23.0. The first-order valence-electron chi connectivity index (χ1n) is 14.5. The predicted octanol–water partition coefficient (Wildman–Crippen LogP) is 4.85. The second-order valence-electron chi connectivity index (χ2n) is 10.7. The molecule has 1 aromatic heterocycles. The molecule has 3 heterocycles. The van der Waals surface area contributed by atoms with Crippen LogP contribution in [0.5, 0.6) is 0 Å². The van der Waals surface area contributed by atoms with Crippen molar-refractivity contribution in [3.8, 4) is 0 Å². The Kier molecular flexibility index (Phi) is 10.2. The first kappa shape index (κ1) is 33.8. The van der Waals surface area contributed by atoms with E-state index in [0.29, 0.717) is 0 Å². The van der Waals surface area contributed by atoms with E-state index in [0.717, 1.165) is 28.3 Å². The third-order valence-electron chi connectivity index (χ3n) is 7.46. The van der Waals surface area contributed by atoms with Crippen LogP contribution in [-0.2, 0) is 0 Å². The molecule has 242 valence electrons. The standard InChI is InChI=1S/C35H26N3O2S3.ClHO4/c1-23-12-21-32(41-23)30-22-31(24-13-19-29(20-14-24)38(39)40)37(36-30)28-17-15-27(16-18-28)35-42-33(25-8-4-2-5-9-25)34(43-35)26-10-6-3-7-11-26;2-1(3,4)5/h2-21,31H,22H2,1H3;(H,2,3,4,5)/q+1;/p-1. The number of rotatable bonds is 5. The Morgan fingerprint density at radius 1 is 0.771 bits per heavy atom. The molecule has 1 aliphatic carbocycles. The summed E-state index contributed by atoms with van der Waals surface area (Å²) in [5, 5.41) is 16.4. The Bertz CT molecular complexity index is 1950. The lowest BCUT2D eigenvalue weighted by Crippen LogP contribution is -2.68. The van der Waals surface area contributed by atoms with Gasteiger partial charge < -0.3 is 0 Å². The van der Waals surface area contributed by atoms with Crippen LogP contribution in [-0.4, -0.2) is 21.0 Å². The number of nitrogens with zero attached hydrogens (tertiary/aromatic N) is 3. The normalized spacial score (nSPS) is 17.5. The average Bonchev–Trinajstić information content (AvgIpc) is 3.84. The zero-order valence-electron chi connectivity index (χ0n) is 25.2. The van der Waals surface area contributed by atoms with Gasteiger partial charge in [0.2, 0.25) is 11.8 Å². The van der Waals surface area contributed by atoms with Crippen LogP contribution in [0.4, 0.5) is 5.69 Å². The number of hydrazone groups is 1. The van der Waals surface area contributed by atoms with Crippen molar-refractivity contribution in [2.24, 2.45) is 5.10 Å². The van der Waals surface area contributed by atoms with Crippen molar-refractivity contribution in [1.82, 2.24) is 0 Å². The number of allylic oxidation sites excluding steroid dienone is 5. The van der Waals surface area contributed by atoms with Gasteiger partial charge in [0.1, 0.15) is 5.71 Å². The fourth-order valence-corrected chi connectivity index (χ4v) is 8.88. The van der Waals surface area contributed by atoms with Crippen LogP contribution < -0.4 is 18.6 Å². The largest absolute Gasteiger partial charge is 0.269 e. The lowest BCUT2D eigenvalue weighted by atomic mass is 10.0. The zero-order valence-corrected chi connectivity index (χ0v) is 28.4. The van der Waals surface area contributed by atoms with Crippen molar-refractivity contribution in [2.45, 2.75) is 19.4 Å². The molecule has 0 fully saturated rings. The number of nitro groups is 1. The molecule has 48 heavy (non-hydrogen) atoms. The van der Waals surface area contributed by atoms with E-state index in [1.807, 2.05) is 35.7 Å². The van der Waals surface area contributed by atoms with Crippen LogP contribution in [0.1, 0.15) is 38.9 Å².